The van der Waals surface area contributed by atoms with Crippen molar-refractivity contribution in [2.24, 2.45) is 0 Å². The number of aromatic nitrogens is 1. The third kappa shape index (κ3) is 2.98. The summed E-state index contributed by atoms with van der Waals surface area (Å²) in [6.45, 7) is 4.55. The molecule has 17 heavy (non-hydrogen) atoms. The second-order valence-corrected chi connectivity index (χ2v) is 5.52. The van der Waals surface area contributed by atoms with Gasteiger partial charge in [-0.25, -0.2) is 4.98 Å². The van der Waals surface area contributed by atoms with E-state index in [-0.39, 0.29) is 0 Å². The highest BCUT2D eigenvalue weighted by molar-refractivity contribution is 9.10. The molecule has 0 saturated carbocycles. The summed E-state index contributed by atoms with van der Waals surface area (Å²) in [5.74, 6) is 0.856. The molecule has 0 fully saturated rings. The zero-order chi connectivity index (χ0) is 12.4. The van der Waals surface area contributed by atoms with Crippen LogP contribution in [0.25, 0.3) is 0 Å². The van der Waals surface area contributed by atoms with E-state index in [2.05, 4.69) is 20.9 Å². The average Bonchev–Trinajstić information content (AvgIpc) is 2.69. The minimum Gasteiger partial charge on any atom is -0.487 e. The molecule has 0 aliphatic rings. The molecule has 0 radical (unpaired) electrons. The van der Waals surface area contributed by atoms with Crippen molar-refractivity contribution in [3.05, 3.63) is 38.8 Å². The molecule has 0 amide bonds. The van der Waals surface area contributed by atoms with Gasteiger partial charge < -0.3 is 10.5 Å². The highest BCUT2D eigenvalue weighted by atomic mass is 79.9. The van der Waals surface area contributed by atoms with Crippen molar-refractivity contribution in [2.45, 2.75) is 20.5 Å². The fourth-order valence-electron chi connectivity index (χ4n) is 1.54. The topological polar surface area (TPSA) is 48.1 Å². The van der Waals surface area contributed by atoms with E-state index in [0.717, 1.165) is 27.0 Å². The summed E-state index contributed by atoms with van der Waals surface area (Å²) in [4.78, 5) is 4.15. The van der Waals surface area contributed by atoms with Crippen LogP contribution in [0.4, 0.5) is 5.13 Å². The van der Waals surface area contributed by atoms with Gasteiger partial charge in [0.25, 0.3) is 0 Å². The molecule has 0 saturated heterocycles. The minimum absolute atomic E-state index is 0.453. The van der Waals surface area contributed by atoms with Crippen LogP contribution in [0.2, 0.25) is 0 Å². The molecular formula is C12H13BrN2OS. The molecule has 90 valence electrons. The number of benzene rings is 1. The summed E-state index contributed by atoms with van der Waals surface area (Å²) >= 11 is 4.96. The molecule has 1 heterocycles. The van der Waals surface area contributed by atoms with E-state index in [1.165, 1.54) is 11.3 Å². The van der Waals surface area contributed by atoms with Crippen molar-refractivity contribution in [3.8, 4) is 5.75 Å². The first kappa shape index (κ1) is 12.4. The molecule has 2 aromatic rings. The van der Waals surface area contributed by atoms with Crippen LogP contribution in [0.15, 0.2) is 22.0 Å². The number of aryl methyl sites for hydroxylation is 2. The maximum Gasteiger partial charge on any atom is 0.180 e. The van der Waals surface area contributed by atoms with Crippen molar-refractivity contribution in [1.29, 1.82) is 0 Å². The van der Waals surface area contributed by atoms with Gasteiger partial charge in [0.1, 0.15) is 12.4 Å². The van der Waals surface area contributed by atoms with E-state index in [0.29, 0.717) is 11.7 Å². The van der Waals surface area contributed by atoms with Crippen LogP contribution in [0, 0.1) is 13.8 Å². The monoisotopic (exact) mass is 312 g/mol. The predicted molar refractivity (Wildman–Crippen MR) is 74.5 cm³/mol. The van der Waals surface area contributed by atoms with Gasteiger partial charge in [0.15, 0.2) is 5.13 Å². The van der Waals surface area contributed by atoms with Gasteiger partial charge in [0.2, 0.25) is 0 Å². The van der Waals surface area contributed by atoms with Crippen LogP contribution in [-0.2, 0) is 6.61 Å². The van der Waals surface area contributed by atoms with E-state index in [1.54, 1.807) is 0 Å². The molecule has 0 aliphatic heterocycles. The molecule has 5 heteroatoms. The van der Waals surface area contributed by atoms with Gasteiger partial charge in [-0.2, -0.15) is 0 Å². The summed E-state index contributed by atoms with van der Waals surface area (Å²) in [5.41, 5.74) is 8.76. The van der Waals surface area contributed by atoms with Crippen LogP contribution >= 0.6 is 27.3 Å². The molecular weight excluding hydrogens is 300 g/mol. The number of nitrogen functional groups attached to an aromatic ring is 1. The lowest BCUT2D eigenvalue weighted by molar-refractivity contribution is 0.302. The lowest BCUT2D eigenvalue weighted by Crippen LogP contribution is -1.97. The quantitative estimate of drug-likeness (QED) is 0.940. The van der Waals surface area contributed by atoms with Crippen LogP contribution in [-0.4, -0.2) is 4.98 Å². The molecule has 0 spiro atoms. The minimum atomic E-state index is 0.453. The number of ether oxygens (including phenoxy) is 1. The Hall–Kier alpha value is -1.07. The second kappa shape index (κ2) is 5.06. The predicted octanol–water partition coefficient (Wildman–Crippen LogP) is 3.68. The maximum atomic E-state index is 5.69. The molecule has 1 aromatic heterocycles. The third-order valence-electron chi connectivity index (χ3n) is 2.37. The molecule has 0 bridgehead atoms. The molecule has 3 nitrogen and oxygen atoms in total. The Morgan fingerprint density at radius 3 is 2.53 bits per heavy atom. The summed E-state index contributed by atoms with van der Waals surface area (Å²) in [5, 5.41) is 2.49. The first-order valence-corrected chi connectivity index (χ1v) is 6.83. The lowest BCUT2D eigenvalue weighted by Gasteiger charge is -2.09. The van der Waals surface area contributed by atoms with Gasteiger partial charge >= 0.3 is 0 Å². The number of rotatable bonds is 3. The van der Waals surface area contributed by atoms with E-state index in [9.17, 15) is 0 Å². The van der Waals surface area contributed by atoms with Crippen molar-refractivity contribution >= 4 is 32.4 Å². The van der Waals surface area contributed by atoms with Gasteiger partial charge in [0, 0.05) is 9.85 Å². The van der Waals surface area contributed by atoms with Crippen LogP contribution in [0.3, 0.4) is 0 Å². The normalized spacial score (nSPS) is 10.5. The highest BCUT2D eigenvalue weighted by Gasteiger charge is 2.04. The second-order valence-electron chi connectivity index (χ2n) is 3.84. The number of nitrogens with zero attached hydrogens (tertiary/aromatic N) is 1. The van der Waals surface area contributed by atoms with Crippen LogP contribution in [0.5, 0.6) is 5.75 Å². The SMILES string of the molecule is Cc1cc(OCc2csc(N)n2)cc(C)c1Br. The van der Waals surface area contributed by atoms with Gasteiger partial charge in [-0.3, -0.25) is 0 Å². The standard InChI is InChI=1S/C12H13BrN2OS/c1-7-3-10(4-8(2)11(7)13)16-5-9-6-17-12(14)15-9/h3-4,6H,5H2,1-2H3,(H2,14,15). The highest BCUT2D eigenvalue weighted by Crippen LogP contribution is 2.26. The zero-order valence-corrected chi connectivity index (χ0v) is 12.1. The summed E-state index contributed by atoms with van der Waals surface area (Å²) < 4.78 is 6.82. The summed E-state index contributed by atoms with van der Waals surface area (Å²) in [6, 6.07) is 4.01. The fraction of sp³-hybridized carbons (Fsp3) is 0.250. The first-order chi connectivity index (χ1) is 8.06. The van der Waals surface area contributed by atoms with E-state index in [1.807, 2.05) is 31.4 Å². The zero-order valence-electron chi connectivity index (χ0n) is 9.66. The number of thiazole rings is 1. The maximum absolute atomic E-state index is 5.69. The van der Waals surface area contributed by atoms with Crippen molar-refractivity contribution in [3.63, 3.8) is 0 Å². The van der Waals surface area contributed by atoms with E-state index < -0.39 is 0 Å². The Labute approximate surface area is 113 Å². The number of anilines is 1. The largest absolute Gasteiger partial charge is 0.487 e. The van der Waals surface area contributed by atoms with Gasteiger partial charge in [-0.15, -0.1) is 11.3 Å². The molecule has 2 N–H and O–H groups in total. The first-order valence-electron chi connectivity index (χ1n) is 5.15. The lowest BCUT2D eigenvalue weighted by atomic mass is 10.1. The third-order valence-corrected chi connectivity index (χ3v) is 4.34. The number of hydrogen-bond acceptors (Lipinski definition) is 4. The smallest absolute Gasteiger partial charge is 0.180 e. The van der Waals surface area contributed by atoms with E-state index >= 15 is 0 Å². The Balaban J connectivity index is 2.09. The molecule has 0 unspecified atom stereocenters. The van der Waals surface area contributed by atoms with Crippen LogP contribution < -0.4 is 10.5 Å². The Kier molecular flexibility index (Phi) is 3.69. The Morgan fingerprint density at radius 2 is 2.00 bits per heavy atom. The van der Waals surface area contributed by atoms with Gasteiger partial charge in [0.05, 0.1) is 5.69 Å². The summed E-state index contributed by atoms with van der Waals surface area (Å²) in [7, 11) is 0. The average molecular weight is 313 g/mol. The number of hydrogen-bond donors (Lipinski definition) is 1. The molecule has 0 aliphatic carbocycles. The van der Waals surface area contributed by atoms with E-state index in [4.69, 9.17) is 10.5 Å². The van der Waals surface area contributed by atoms with Crippen molar-refractivity contribution < 1.29 is 4.74 Å². The van der Waals surface area contributed by atoms with Gasteiger partial charge in [-0.05, 0) is 37.1 Å². The Bertz CT molecular complexity index is 516. The molecule has 1 aromatic carbocycles. The Morgan fingerprint density at radius 1 is 1.35 bits per heavy atom. The van der Waals surface area contributed by atoms with Crippen LogP contribution in [0.1, 0.15) is 16.8 Å². The van der Waals surface area contributed by atoms with Crippen molar-refractivity contribution in [2.75, 3.05) is 5.73 Å². The van der Waals surface area contributed by atoms with Crippen molar-refractivity contribution in [1.82, 2.24) is 4.98 Å². The number of halogens is 1. The molecule has 2 rings (SSSR count). The summed E-state index contributed by atoms with van der Waals surface area (Å²) in [6.07, 6.45) is 0. The molecule has 0 atom stereocenters. The van der Waals surface area contributed by atoms with Gasteiger partial charge in [-0.1, -0.05) is 15.9 Å². The number of nitrogens with two attached hydrogens (primary N) is 1. The fourth-order valence-corrected chi connectivity index (χ4v) is 2.31.